The highest BCUT2D eigenvalue weighted by atomic mass is 35.5. The summed E-state index contributed by atoms with van der Waals surface area (Å²) < 4.78 is 5.66. The first-order chi connectivity index (χ1) is 12.6. The molecule has 6 heteroatoms. The molecular formula is C20H17ClN2O3. The van der Waals surface area contributed by atoms with Gasteiger partial charge in [0.05, 0.1) is 5.39 Å². The van der Waals surface area contributed by atoms with Crippen LogP contribution in [0.5, 0.6) is 0 Å². The van der Waals surface area contributed by atoms with Gasteiger partial charge in [-0.2, -0.15) is 0 Å². The minimum absolute atomic E-state index is 0.0676. The minimum atomic E-state index is -0.264. The zero-order valence-electron chi connectivity index (χ0n) is 14.0. The van der Waals surface area contributed by atoms with Gasteiger partial charge in [0.25, 0.3) is 5.91 Å². The van der Waals surface area contributed by atoms with E-state index in [0.29, 0.717) is 29.1 Å². The first kappa shape index (κ1) is 16.7. The molecule has 1 aliphatic heterocycles. The lowest BCUT2D eigenvalue weighted by molar-refractivity contribution is 0.0715. The van der Waals surface area contributed by atoms with Crippen LogP contribution in [-0.4, -0.2) is 37.0 Å². The summed E-state index contributed by atoms with van der Waals surface area (Å²) in [5.74, 6) is -0.190. The summed E-state index contributed by atoms with van der Waals surface area (Å²) in [6.45, 7) is 2.64. The fraction of sp³-hybridized carbons (Fsp3) is 0.200. The smallest absolute Gasteiger partial charge is 0.289 e. The number of rotatable bonds is 2. The maximum absolute atomic E-state index is 12.8. The quantitative estimate of drug-likeness (QED) is 0.695. The van der Waals surface area contributed by atoms with Crippen LogP contribution in [0.15, 0.2) is 63.8 Å². The van der Waals surface area contributed by atoms with Crippen molar-refractivity contribution in [2.75, 3.05) is 31.1 Å². The van der Waals surface area contributed by atoms with Crippen LogP contribution in [0.3, 0.4) is 0 Å². The fourth-order valence-electron chi connectivity index (χ4n) is 3.20. The summed E-state index contributed by atoms with van der Waals surface area (Å²) in [6.07, 6.45) is 0. The molecule has 0 aliphatic carbocycles. The highest BCUT2D eigenvalue weighted by molar-refractivity contribution is 6.31. The average molecular weight is 369 g/mol. The molecule has 0 bridgehead atoms. The van der Waals surface area contributed by atoms with Gasteiger partial charge in [-0.05, 0) is 30.3 Å². The maximum atomic E-state index is 12.8. The molecule has 0 radical (unpaired) electrons. The number of nitrogens with zero attached hydrogens (tertiary/aromatic N) is 2. The molecule has 3 aromatic rings. The van der Waals surface area contributed by atoms with Crippen LogP contribution in [-0.2, 0) is 0 Å². The molecule has 0 saturated carbocycles. The van der Waals surface area contributed by atoms with Crippen molar-refractivity contribution in [2.45, 2.75) is 0 Å². The van der Waals surface area contributed by atoms with Crippen molar-refractivity contribution in [1.29, 1.82) is 0 Å². The normalized spacial score (nSPS) is 14.7. The lowest BCUT2D eigenvalue weighted by atomic mass is 10.2. The molecule has 2 heterocycles. The van der Waals surface area contributed by atoms with Crippen LogP contribution < -0.4 is 10.3 Å². The third-order valence-corrected chi connectivity index (χ3v) is 4.82. The van der Waals surface area contributed by atoms with Gasteiger partial charge in [-0.3, -0.25) is 9.59 Å². The second-order valence-corrected chi connectivity index (χ2v) is 6.67. The molecule has 1 fully saturated rings. The van der Waals surface area contributed by atoms with Crippen LogP contribution in [0.25, 0.3) is 11.0 Å². The first-order valence-corrected chi connectivity index (χ1v) is 8.82. The van der Waals surface area contributed by atoms with Crippen molar-refractivity contribution in [1.82, 2.24) is 4.90 Å². The number of piperazine rings is 1. The number of halogens is 1. The number of anilines is 1. The van der Waals surface area contributed by atoms with Crippen molar-refractivity contribution < 1.29 is 9.21 Å². The highest BCUT2D eigenvalue weighted by Crippen LogP contribution is 2.20. The van der Waals surface area contributed by atoms with E-state index in [1.165, 1.54) is 6.07 Å². The summed E-state index contributed by atoms with van der Waals surface area (Å²) in [5.41, 5.74) is 1.25. The van der Waals surface area contributed by atoms with Gasteiger partial charge in [0.2, 0.25) is 0 Å². The lowest BCUT2D eigenvalue weighted by Gasteiger charge is -2.35. The molecule has 132 valence electrons. The van der Waals surface area contributed by atoms with Gasteiger partial charge in [-0.25, -0.2) is 0 Å². The van der Waals surface area contributed by atoms with Gasteiger partial charge in [-0.15, -0.1) is 0 Å². The Balaban J connectivity index is 1.53. The average Bonchev–Trinajstić information content (AvgIpc) is 2.68. The predicted octanol–water partition coefficient (Wildman–Crippen LogP) is 3.41. The largest absolute Gasteiger partial charge is 0.451 e. The number of carbonyl (C=O) groups is 1. The lowest BCUT2D eigenvalue weighted by Crippen LogP contribution is -2.48. The second kappa shape index (κ2) is 6.84. The van der Waals surface area contributed by atoms with E-state index in [-0.39, 0.29) is 17.1 Å². The van der Waals surface area contributed by atoms with Crippen molar-refractivity contribution in [2.24, 2.45) is 0 Å². The molecule has 1 saturated heterocycles. The molecule has 1 aromatic heterocycles. The predicted molar refractivity (Wildman–Crippen MR) is 102 cm³/mol. The van der Waals surface area contributed by atoms with E-state index < -0.39 is 0 Å². The van der Waals surface area contributed by atoms with E-state index in [2.05, 4.69) is 17.0 Å². The fourth-order valence-corrected chi connectivity index (χ4v) is 3.37. The number of fused-ring (bicyclic) bond motifs is 1. The second-order valence-electron chi connectivity index (χ2n) is 6.23. The van der Waals surface area contributed by atoms with Crippen LogP contribution in [0.1, 0.15) is 10.6 Å². The van der Waals surface area contributed by atoms with Gasteiger partial charge in [0, 0.05) is 43.0 Å². The number of benzene rings is 2. The van der Waals surface area contributed by atoms with Gasteiger partial charge in [0.15, 0.2) is 11.2 Å². The summed E-state index contributed by atoms with van der Waals surface area (Å²) in [6, 6.07) is 16.2. The summed E-state index contributed by atoms with van der Waals surface area (Å²) >= 11 is 5.92. The number of hydrogen-bond donors (Lipinski definition) is 0. The van der Waals surface area contributed by atoms with Gasteiger partial charge in [-0.1, -0.05) is 29.8 Å². The SMILES string of the molecule is O=C(c1cc(=O)c2cc(Cl)ccc2o1)N1CCN(c2ccccc2)CC1. The molecule has 26 heavy (non-hydrogen) atoms. The van der Waals surface area contributed by atoms with Gasteiger partial charge in [0.1, 0.15) is 5.58 Å². The Morgan fingerprint density at radius 1 is 0.962 bits per heavy atom. The third-order valence-electron chi connectivity index (χ3n) is 4.59. The van der Waals surface area contributed by atoms with Gasteiger partial charge >= 0.3 is 0 Å². The maximum Gasteiger partial charge on any atom is 0.289 e. The molecule has 5 nitrogen and oxygen atoms in total. The Morgan fingerprint density at radius 3 is 2.42 bits per heavy atom. The Bertz CT molecular complexity index is 1010. The zero-order valence-corrected chi connectivity index (χ0v) is 14.8. The highest BCUT2D eigenvalue weighted by Gasteiger charge is 2.24. The molecule has 1 aliphatic rings. The van der Waals surface area contributed by atoms with Crippen LogP contribution in [0, 0.1) is 0 Å². The zero-order chi connectivity index (χ0) is 18.1. The van der Waals surface area contributed by atoms with Crippen LogP contribution in [0.2, 0.25) is 5.02 Å². The molecule has 0 spiro atoms. The molecule has 2 aromatic carbocycles. The molecule has 0 unspecified atom stereocenters. The third kappa shape index (κ3) is 3.18. The van der Waals surface area contributed by atoms with E-state index in [4.69, 9.17) is 16.0 Å². The van der Waals surface area contributed by atoms with Crippen molar-refractivity contribution in [3.63, 3.8) is 0 Å². The van der Waals surface area contributed by atoms with Gasteiger partial charge < -0.3 is 14.2 Å². The molecule has 0 atom stereocenters. The summed E-state index contributed by atoms with van der Waals surface area (Å²) in [7, 11) is 0. The van der Waals surface area contributed by atoms with E-state index in [0.717, 1.165) is 18.8 Å². The minimum Gasteiger partial charge on any atom is -0.451 e. The Morgan fingerprint density at radius 2 is 1.69 bits per heavy atom. The first-order valence-electron chi connectivity index (χ1n) is 8.44. The number of carbonyl (C=O) groups excluding carboxylic acids is 1. The molecule has 1 amide bonds. The number of amides is 1. The summed E-state index contributed by atoms with van der Waals surface area (Å²) in [5, 5.41) is 0.837. The monoisotopic (exact) mass is 368 g/mol. The van der Waals surface area contributed by atoms with E-state index in [1.54, 1.807) is 23.1 Å². The molecule has 4 rings (SSSR count). The molecule has 0 N–H and O–H groups in total. The number of para-hydroxylation sites is 1. The van der Waals surface area contributed by atoms with Crippen molar-refractivity contribution >= 4 is 34.2 Å². The topological polar surface area (TPSA) is 53.8 Å². The number of hydrogen-bond acceptors (Lipinski definition) is 4. The van der Waals surface area contributed by atoms with E-state index in [1.807, 2.05) is 18.2 Å². The van der Waals surface area contributed by atoms with E-state index >= 15 is 0 Å². The Hall–Kier alpha value is -2.79. The van der Waals surface area contributed by atoms with E-state index in [9.17, 15) is 9.59 Å². The summed E-state index contributed by atoms with van der Waals surface area (Å²) in [4.78, 5) is 29.0. The van der Waals surface area contributed by atoms with Crippen LogP contribution >= 0.6 is 11.6 Å². The standard InChI is InChI=1S/C20H17ClN2O3/c21-14-6-7-18-16(12-14)17(24)13-19(26-18)20(25)23-10-8-22(9-11-23)15-4-2-1-3-5-15/h1-7,12-13H,8-11H2. The Labute approximate surface area is 155 Å². The van der Waals surface area contributed by atoms with Crippen LogP contribution in [0.4, 0.5) is 5.69 Å². The van der Waals surface area contributed by atoms with Crippen molar-refractivity contribution in [3.8, 4) is 0 Å². The Kier molecular flexibility index (Phi) is 4.39. The van der Waals surface area contributed by atoms with Crippen molar-refractivity contribution in [3.05, 3.63) is 75.6 Å². The molecular weight excluding hydrogens is 352 g/mol.